The second-order valence-electron chi connectivity index (χ2n) is 5.12. The summed E-state index contributed by atoms with van der Waals surface area (Å²) in [7, 11) is 2.47. The number of hydrogen-bond donors (Lipinski definition) is 0. The van der Waals surface area contributed by atoms with E-state index in [-0.39, 0.29) is 0 Å². The third-order valence-electron chi connectivity index (χ3n) is 4.51. The van der Waals surface area contributed by atoms with Gasteiger partial charge in [0, 0.05) is 25.7 Å². The predicted molar refractivity (Wildman–Crippen MR) is 56.5 cm³/mol. The number of hydrogen-bond acceptors (Lipinski definition) is 0. The quantitative estimate of drug-likeness (QED) is 0.453. The van der Waals surface area contributed by atoms with Gasteiger partial charge in [-0.3, -0.25) is 0 Å². The smallest absolute Gasteiger partial charge is 0.103 e. The average Bonchev–Trinajstić information content (AvgIpc) is 2.43. The lowest BCUT2D eigenvalue weighted by molar-refractivity contribution is -0.951. The Balaban J connectivity index is 2.24. The second-order valence-corrected chi connectivity index (χ2v) is 5.12. The SMILES string of the molecule is C=CCC12CCCC[N+]1(C)CCC2. The van der Waals surface area contributed by atoms with Gasteiger partial charge in [-0.1, -0.05) is 6.08 Å². The van der Waals surface area contributed by atoms with E-state index >= 15 is 0 Å². The molecule has 0 spiro atoms. The summed E-state index contributed by atoms with van der Waals surface area (Å²) >= 11 is 0. The molecule has 1 heteroatoms. The fraction of sp³-hybridized carbons (Fsp3) is 0.833. The van der Waals surface area contributed by atoms with Gasteiger partial charge in [0.25, 0.3) is 0 Å². The van der Waals surface area contributed by atoms with Crippen LogP contribution in [-0.2, 0) is 0 Å². The van der Waals surface area contributed by atoms with Gasteiger partial charge in [-0.15, -0.1) is 6.58 Å². The monoisotopic (exact) mass is 180 g/mol. The highest BCUT2D eigenvalue weighted by Gasteiger charge is 2.52. The van der Waals surface area contributed by atoms with Crippen LogP contribution in [0.25, 0.3) is 0 Å². The maximum absolute atomic E-state index is 3.93. The van der Waals surface area contributed by atoms with Crippen LogP contribution in [0.1, 0.15) is 38.5 Å². The topological polar surface area (TPSA) is 0 Å². The molecule has 0 aromatic rings. The van der Waals surface area contributed by atoms with Crippen molar-refractivity contribution < 1.29 is 4.48 Å². The molecule has 1 nitrogen and oxygen atoms in total. The zero-order valence-corrected chi connectivity index (χ0v) is 8.89. The molecule has 2 rings (SSSR count). The first-order valence-electron chi connectivity index (χ1n) is 5.68. The van der Waals surface area contributed by atoms with Crippen molar-refractivity contribution in [3.63, 3.8) is 0 Å². The minimum atomic E-state index is 0.597. The van der Waals surface area contributed by atoms with Gasteiger partial charge in [-0.25, -0.2) is 0 Å². The molecule has 0 aliphatic carbocycles. The number of piperidine rings is 1. The van der Waals surface area contributed by atoms with E-state index in [1.54, 1.807) is 0 Å². The van der Waals surface area contributed by atoms with Gasteiger partial charge < -0.3 is 4.48 Å². The van der Waals surface area contributed by atoms with E-state index in [2.05, 4.69) is 19.7 Å². The zero-order chi connectivity index (χ0) is 9.36. The molecule has 2 heterocycles. The van der Waals surface area contributed by atoms with E-state index in [9.17, 15) is 0 Å². The summed E-state index contributed by atoms with van der Waals surface area (Å²) in [6, 6.07) is 0. The van der Waals surface area contributed by atoms with Crippen LogP contribution in [0.2, 0.25) is 0 Å². The predicted octanol–water partition coefficient (Wildman–Crippen LogP) is 2.73. The molecule has 2 saturated heterocycles. The molecular weight excluding hydrogens is 158 g/mol. The van der Waals surface area contributed by atoms with E-state index in [1.165, 1.54) is 56.1 Å². The van der Waals surface area contributed by atoms with Crippen molar-refractivity contribution in [3.05, 3.63) is 12.7 Å². The Labute approximate surface area is 82.0 Å². The lowest BCUT2D eigenvalue weighted by Gasteiger charge is -2.49. The normalized spacial score (nSPS) is 44.4. The second kappa shape index (κ2) is 3.13. The van der Waals surface area contributed by atoms with Crippen molar-refractivity contribution in [1.29, 1.82) is 0 Å². The van der Waals surface area contributed by atoms with Crippen molar-refractivity contribution in [2.45, 2.75) is 44.1 Å². The van der Waals surface area contributed by atoms with Crippen molar-refractivity contribution in [3.8, 4) is 0 Å². The van der Waals surface area contributed by atoms with Crippen molar-refractivity contribution in [2.75, 3.05) is 20.1 Å². The molecule has 0 radical (unpaired) electrons. The molecular formula is C12H22N+. The Bertz CT molecular complexity index is 211. The number of rotatable bonds is 2. The first-order chi connectivity index (χ1) is 6.22. The van der Waals surface area contributed by atoms with Crippen molar-refractivity contribution in [2.24, 2.45) is 0 Å². The summed E-state index contributed by atoms with van der Waals surface area (Å²) < 4.78 is 1.35. The number of fused-ring (bicyclic) bond motifs is 1. The maximum Gasteiger partial charge on any atom is 0.103 e. The largest absolute Gasteiger partial charge is 0.321 e. The van der Waals surface area contributed by atoms with Gasteiger partial charge in [0.2, 0.25) is 0 Å². The van der Waals surface area contributed by atoms with Crippen LogP contribution in [-0.4, -0.2) is 30.2 Å². The van der Waals surface area contributed by atoms with E-state index in [0.29, 0.717) is 5.54 Å². The highest BCUT2D eigenvalue weighted by Crippen LogP contribution is 2.45. The average molecular weight is 180 g/mol. The minimum absolute atomic E-state index is 0.597. The summed E-state index contributed by atoms with van der Waals surface area (Å²) in [5, 5.41) is 0. The highest BCUT2D eigenvalue weighted by atomic mass is 15.4. The first kappa shape index (κ1) is 9.26. The summed E-state index contributed by atoms with van der Waals surface area (Å²) in [5.41, 5.74) is 0.597. The van der Waals surface area contributed by atoms with E-state index in [1.807, 2.05) is 0 Å². The molecule has 0 bridgehead atoms. The molecule has 2 fully saturated rings. The molecule has 2 aliphatic rings. The highest BCUT2D eigenvalue weighted by molar-refractivity contribution is 4.93. The van der Waals surface area contributed by atoms with Crippen molar-refractivity contribution >= 4 is 0 Å². The van der Waals surface area contributed by atoms with Crippen LogP contribution < -0.4 is 0 Å². The molecule has 0 N–H and O–H groups in total. The van der Waals surface area contributed by atoms with Crippen molar-refractivity contribution in [1.82, 2.24) is 0 Å². The van der Waals surface area contributed by atoms with Gasteiger partial charge in [-0.05, 0) is 12.8 Å². The summed E-state index contributed by atoms with van der Waals surface area (Å²) in [4.78, 5) is 0. The fourth-order valence-corrected chi connectivity index (χ4v) is 3.62. The van der Waals surface area contributed by atoms with E-state index in [4.69, 9.17) is 0 Å². The van der Waals surface area contributed by atoms with Crippen LogP contribution in [0.4, 0.5) is 0 Å². The van der Waals surface area contributed by atoms with Gasteiger partial charge >= 0.3 is 0 Å². The van der Waals surface area contributed by atoms with Crippen LogP contribution in [0.3, 0.4) is 0 Å². The summed E-state index contributed by atoms with van der Waals surface area (Å²) in [5.74, 6) is 0. The molecule has 0 saturated carbocycles. The number of quaternary nitrogens is 1. The third-order valence-corrected chi connectivity index (χ3v) is 4.51. The first-order valence-corrected chi connectivity index (χ1v) is 5.68. The Kier molecular flexibility index (Phi) is 2.23. The molecule has 0 aromatic carbocycles. The van der Waals surface area contributed by atoms with Crippen LogP contribution >= 0.6 is 0 Å². The Hall–Kier alpha value is -0.300. The lowest BCUT2D eigenvalue weighted by atomic mass is 9.82. The molecule has 2 atom stereocenters. The Morgan fingerprint density at radius 2 is 1.92 bits per heavy atom. The molecule has 2 unspecified atom stereocenters. The Morgan fingerprint density at radius 1 is 1.23 bits per heavy atom. The standard InChI is InChI=1S/C12H22N/c1-3-7-12-8-4-5-10-13(12,2)11-6-9-12/h3H,1,4-11H2,2H3/q+1. The van der Waals surface area contributed by atoms with E-state index in [0.717, 1.165) is 0 Å². The Morgan fingerprint density at radius 3 is 2.69 bits per heavy atom. The molecule has 0 aromatic heterocycles. The third kappa shape index (κ3) is 1.25. The number of nitrogens with zero attached hydrogens (tertiary/aromatic N) is 1. The fourth-order valence-electron chi connectivity index (χ4n) is 3.62. The van der Waals surface area contributed by atoms with Gasteiger partial charge in [-0.2, -0.15) is 0 Å². The van der Waals surface area contributed by atoms with Gasteiger partial charge in [0.1, 0.15) is 5.54 Å². The summed E-state index contributed by atoms with van der Waals surface area (Å²) in [6.45, 7) is 6.75. The van der Waals surface area contributed by atoms with Crippen LogP contribution in [0, 0.1) is 0 Å². The summed E-state index contributed by atoms with van der Waals surface area (Å²) in [6.07, 6.45) is 10.6. The molecule has 74 valence electrons. The molecule has 2 aliphatic heterocycles. The lowest BCUT2D eigenvalue weighted by Crippen LogP contribution is -2.60. The molecule has 13 heavy (non-hydrogen) atoms. The minimum Gasteiger partial charge on any atom is -0.321 e. The zero-order valence-electron chi connectivity index (χ0n) is 8.89. The van der Waals surface area contributed by atoms with Crippen LogP contribution in [0.5, 0.6) is 0 Å². The molecule has 0 amide bonds. The van der Waals surface area contributed by atoms with Gasteiger partial charge in [0.05, 0.1) is 20.1 Å². The maximum atomic E-state index is 3.93. The van der Waals surface area contributed by atoms with Crippen LogP contribution in [0.15, 0.2) is 12.7 Å². The van der Waals surface area contributed by atoms with E-state index < -0.39 is 0 Å². The van der Waals surface area contributed by atoms with Gasteiger partial charge in [0.15, 0.2) is 0 Å².